The van der Waals surface area contributed by atoms with E-state index in [0.717, 1.165) is 13.1 Å². The van der Waals surface area contributed by atoms with Crippen LogP contribution in [0.2, 0.25) is 0 Å². The number of aliphatic hydroxyl groups is 1. The van der Waals surface area contributed by atoms with E-state index in [-0.39, 0.29) is 11.8 Å². The van der Waals surface area contributed by atoms with Gasteiger partial charge in [-0.3, -0.25) is 15.0 Å². The first-order valence-corrected chi connectivity index (χ1v) is 8.10. The monoisotopic (exact) mass is 349 g/mol. The largest absolute Gasteiger partial charge is 0.466 e. The summed E-state index contributed by atoms with van der Waals surface area (Å²) in [6.45, 7) is 5.15. The molecule has 1 saturated heterocycles. The molecule has 0 unspecified atom stereocenters. The highest BCUT2D eigenvalue weighted by Gasteiger charge is 2.24. The molecule has 1 aromatic carbocycles. The maximum atomic E-state index is 11.4. The molecule has 1 heterocycles. The van der Waals surface area contributed by atoms with Crippen LogP contribution in [0.15, 0.2) is 24.3 Å². The number of aliphatic hydroxyl groups excluding tert-OH is 1. The molecule has 0 aromatic heterocycles. The average molecular weight is 349 g/mol. The maximum Gasteiger partial charge on any atom is 0.330 e. The highest BCUT2D eigenvalue weighted by atomic mass is 16.6. The Balaban J connectivity index is 2.14. The first kappa shape index (κ1) is 18.9. The number of nitro groups is 1. The van der Waals surface area contributed by atoms with Crippen molar-refractivity contribution in [2.24, 2.45) is 0 Å². The number of methoxy groups -OCH3 is 1. The van der Waals surface area contributed by atoms with Crippen molar-refractivity contribution in [2.45, 2.75) is 13.0 Å². The van der Waals surface area contributed by atoms with Crippen molar-refractivity contribution in [3.8, 4) is 0 Å². The molecule has 0 saturated carbocycles. The Morgan fingerprint density at radius 1 is 1.40 bits per heavy atom. The van der Waals surface area contributed by atoms with Crippen molar-refractivity contribution in [3.05, 3.63) is 40.0 Å². The van der Waals surface area contributed by atoms with Gasteiger partial charge in [0.25, 0.3) is 5.69 Å². The predicted molar refractivity (Wildman–Crippen MR) is 94.5 cm³/mol. The Labute approximate surface area is 146 Å². The van der Waals surface area contributed by atoms with Crippen LogP contribution >= 0.6 is 0 Å². The van der Waals surface area contributed by atoms with Crippen molar-refractivity contribution in [3.63, 3.8) is 0 Å². The van der Waals surface area contributed by atoms with Crippen LogP contribution in [0, 0.1) is 10.1 Å². The summed E-state index contributed by atoms with van der Waals surface area (Å²) in [5.74, 6) is -0.513. The number of hydrogen-bond acceptors (Lipinski definition) is 7. The fourth-order valence-electron chi connectivity index (χ4n) is 2.84. The van der Waals surface area contributed by atoms with Crippen LogP contribution < -0.4 is 4.90 Å². The van der Waals surface area contributed by atoms with E-state index in [1.54, 1.807) is 19.1 Å². The number of rotatable bonds is 6. The molecule has 1 aliphatic heterocycles. The SMILES string of the molecule is COC(=O)/C=C\c1ccc(N2CCN(C[C@@H](C)O)CC2)c([N+](=O)[O-])c1. The van der Waals surface area contributed by atoms with Gasteiger partial charge in [0.1, 0.15) is 5.69 Å². The highest BCUT2D eigenvalue weighted by Crippen LogP contribution is 2.30. The molecule has 136 valence electrons. The summed E-state index contributed by atoms with van der Waals surface area (Å²) < 4.78 is 4.52. The van der Waals surface area contributed by atoms with Crippen LogP contribution in [-0.4, -0.2) is 66.8 Å². The molecule has 0 aliphatic carbocycles. The zero-order valence-corrected chi connectivity index (χ0v) is 14.4. The molecule has 1 atom stereocenters. The maximum absolute atomic E-state index is 11.4. The van der Waals surface area contributed by atoms with Gasteiger partial charge in [-0.15, -0.1) is 0 Å². The standard InChI is InChI=1S/C17H23N3O5/c1-13(21)12-18-7-9-19(10-8-18)15-5-3-14(4-6-17(22)25-2)11-16(15)20(23)24/h3-6,11,13,21H,7-10,12H2,1-2H3/b6-4-/t13-/m1/s1. The molecular formula is C17H23N3O5. The fourth-order valence-corrected chi connectivity index (χ4v) is 2.84. The molecular weight excluding hydrogens is 326 g/mol. The lowest BCUT2D eigenvalue weighted by Crippen LogP contribution is -2.48. The number of anilines is 1. The lowest BCUT2D eigenvalue weighted by molar-refractivity contribution is -0.384. The summed E-state index contributed by atoms with van der Waals surface area (Å²) in [7, 11) is 1.27. The highest BCUT2D eigenvalue weighted by molar-refractivity contribution is 5.87. The minimum Gasteiger partial charge on any atom is -0.466 e. The van der Waals surface area contributed by atoms with Crippen LogP contribution in [-0.2, 0) is 9.53 Å². The number of esters is 1. The number of ether oxygens (including phenoxy) is 1. The second-order valence-electron chi connectivity index (χ2n) is 6.00. The molecule has 1 N–H and O–H groups in total. The molecule has 1 fully saturated rings. The third kappa shape index (κ3) is 5.27. The molecule has 0 radical (unpaired) electrons. The summed E-state index contributed by atoms with van der Waals surface area (Å²) >= 11 is 0. The number of β-amino-alcohol motifs (C(OH)–C–C–N with tert-alkyl or cyclic N) is 1. The van der Waals surface area contributed by atoms with E-state index >= 15 is 0 Å². The molecule has 0 spiro atoms. The zero-order chi connectivity index (χ0) is 18.4. The van der Waals surface area contributed by atoms with Crippen LogP contribution in [0.5, 0.6) is 0 Å². The van der Waals surface area contributed by atoms with E-state index < -0.39 is 10.9 Å². The molecule has 1 aliphatic rings. The van der Waals surface area contributed by atoms with Gasteiger partial charge in [0.15, 0.2) is 0 Å². The van der Waals surface area contributed by atoms with Crippen LogP contribution in [0.3, 0.4) is 0 Å². The summed E-state index contributed by atoms with van der Waals surface area (Å²) in [6, 6.07) is 4.90. The number of nitro benzene ring substituents is 1. The number of carbonyl (C=O) groups excluding carboxylic acids is 1. The minimum absolute atomic E-state index is 0.0102. The molecule has 1 aromatic rings. The topological polar surface area (TPSA) is 96.2 Å². The van der Waals surface area contributed by atoms with Crippen LogP contribution in [0.25, 0.3) is 6.08 Å². The van der Waals surface area contributed by atoms with E-state index in [9.17, 15) is 20.0 Å². The smallest absolute Gasteiger partial charge is 0.330 e. The number of benzene rings is 1. The van der Waals surface area contributed by atoms with Crippen LogP contribution in [0.4, 0.5) is 11.4 Å². The molecule has 0 amide bonds. The number of carbonyl (C=O) groups is 1. The van der Waals surface area contributed by atoms with E-state index in [1.807, 2.05) is 4.90 Å². The Morgan fingerprint density at radius 3 is 2.64 bits per heavy atom. The molecule has 0 bridgehead atoms. The normalized spacial score (nSPS) is 16.8. The number of nitrogens with zero attached hydrogens (tertiary/aromatic N) is 3. The summed E-state index contributed by atoms with van der Waals surface area (Å²) in [5, 5.41) is 20.9. The average Bonchev–Trinajstić information content (AvgIpc) is 2.59. The lowest BCUT2D eigenvalue weighted by Gasteiger charge is -2.36. The second-order valence-corrected chi connectivity index (χ2v) is 6.00. The van der Waals surface area contributed by atoms with Crippen molar-refractivity contribution >= 4 is 23.4 Å². The first-order chi connectivity index (χ1) is 11.9. The van der Waals surface area contributed by atoms with Gasteiger partial charge in [-0.25, -0.2) is 4.79 Å². The quantitative estimate of drug-likeness (QED) is 0.358. The summed E-state index contributed by atoms with van der Waals surface area (Å²) in [6.07, 6.45) is 2.33. The van der Waals surface area contributed by atoms with Gasteiger partial charge in [0.2, 0.25) is 0 Å². The Morgan fingerprint density at radius 2 is 2.08 bits per heavy atom. The van der Waals surface area contributed by atoms with Crippen molar-refractivity contribution in [2.75, 3.05) is 44.7 Å². The van der Waals surface area contributed by atoms with Crippen LogP contribution in [0.1, 0.15) is 12.5 Å². The van der Waals surface area contributed by atoms with Gasteiger partial charge >= 0.3 is 5.97 Å². The van der Waals surface area contributed by atoms with Crippen molar-refractivity contribution in [1.29, 1.82) is 0 Å². The number of hydrogen-bond donors (Lipinski definition) is 1. The van der Waals surface area contributed by atoms with E-state index in [2.05, 4.69) is 9.64 Å². The van der Waals surface area contributed by atoms with E-state index in [4.69, 9.17) is 0 Å². The second kappa shape index (κ2) is 8.59. The van der Waals surface area contributed by atoms with E-state index in [1.165, 1.54) is 25.3 Å². The number of piperazine rings is 1. The van der Waals surface area contributed by atoms with Crippen molar-refractivity contribution in [1.82, 2.24) is 4.90 Å². The third-order valence-corrected chi connectivity index (χ3v) is 4.04. The molecule has 2 rings (SSSR count). The summed E-state index contributed by atoms with van der Waals surface area (Å²) in [5.41, 5.74) is 1.14. The molecule has 8 nitrogen and oxygen atoms in total. The lowest BCUT2D eigenvalue weighted by atomic mass is 10.1. The Bertz CT molecular complexity index is 652. The van der Waals surface area contributed by atoms with Gasteiger partial charge < -0.3 is 14.7 Å². The van der Waals surface area contributed by atoms with Gasteiger partial charge in [0.05, 0.1) is 18.1 Å². The van der Waals surface area contributed by atoms with Crippen molar-refractivity contribution < 1.29 is 19.6 Å². The van der Waals surface area contributed by atoms with Gasteiger partial charge in [-0.2, -0.15) is 0 Å². The van der Waals surface area contributed by atoms with E-state index in [0.29, 0.717) is 30.9 Å². The molecule has 25 heavy (non-hydrogen) atoms. The van der Waals surface area contributed by atoms with Gasteiger partial charge in [-0.05, 0) is 24.6 Å². The first-order valence-electron chi connectivity index (χ1n) is 8.10. The zero-order valence-electron chi connectivity index (χ0n) is 14.4. The minimum atomic E-state index is -0.513. The fraction of sp³-hybridized carbons (Fsp3) is 0.471. The van der Waals surface area contributed by atoms with Gasteiger partial charge in [0, 0.05) is 44.9 Å². The summed E-state index contributed by atoms with van der Waals surface area (Å²) in [4.78, 5) is 26.3. The Kier molecular flexibility index (Phi) is 6.49. The third-order valence-electron chi connectivity index (χ3n) is 4.04. The molecule has 8 heteroatoms. The van der Waals surface area contributed by atoms with Gasteiger partial charge in [-0.1, -0.05) is 6.07 Å². The predicted octanol–water partition coefficient (Wildman–Crippen LogP) is 1.28. The Hall–Kier alpha value is -2.45.